The van der Waals surface area contributed by atoms with E-state index in [4.69, 9.17) is 0 Å². The summed E-state index contributed by atoms with van der Waals surface area (Å²) in [5.41, 5.74) is 2.84. The fourth-order valence-corrected chi connectivity index (χ4v) is 2.65. The molecule has 0 spiro atoms. The van der Waals surface area contributed by atoms with Crippen molar-refractivity contribution in [1.82, 2.24) is 4.90 Å². The molecule has 0 aliphatic carbocycles. The normalized spacial score (nSPS) is 24.1. The molecule has 94 valence electrons. The Morgan fingerprint density at radius 3 is 2.29 bits per heavy atom. The van der Waals surface area contributed by atoms with Crippen LogP contribution in [-0.4, -0.2) is 28.2 Å². The summed E-state index contributed by atoms with van der Waals surface area (Å²) >= 11 is 0. The van der Waals surface area contributed by atoms with E-state index in [1.807, 2.05) is 0 Å². The molecule has 1 unspecified atom stereocenters. The largest absolute Gasteiger partial charge is 0.392 e. The van der Waals surface area contributed by atoms with E-state index in [0.29, 0.717) is 0 Å². The maximum atomic E-state index is 9.75. The van der Waals surface area contributed by atoms with Crippen LogP contribution in [0.3, 0.4) is 0 Å². The summed E-state index contributed by atoms with van der Waals surface area (Å²) in [4.78, 5) is 2.37. The number of aliphatic hydroxyl groups excluding tert-OH is 1. The molecule has 1 atom stereocenters. The van der Waals surface area contributed by atoms with Gasteiger partial charge in [0.25, 0.3) is 0 Å². The second-order valence-corrected chi connectivity index (χ2v) is 5.72. The van der Waals surface area contributed by atoms with Gasteiger partial charge in [0.15, 0.2) is 0 Å². The van der Waals surface area contributed by atoms with Gasteiger partial charge in [-0.15, -0.1) is 0 Å². The van der Waals surface area contributed by atoms with Crippen molar-refractivity contribution in [1.29, 1.82) is 0 Å². The average molecular weight is 233 g/mol. The van der Waals surface area contributed by atoms with Crippen molar-refractivity contribution in [2.24, 2.45) is 0 Å². The van der Waals surface area contributed by atoms with E-state index >= 15 is 0 Å². The van der Waals surface area contributed by atoms with Gasteiger partial charge < -0.3 is 5.11 Å². The van der Waals surface area contributed by atoms with E-state index in [2.05, 4.69) is 49.9 Å². The zero-order valence-corrected chi connectivity index (χ0v) is 11.1. The molecule has 17 heavy (non-hydrogen) atoms. The van der Waals surface area contributed by atoms with Gasteiger partial charge in [-0.25, -0.2) is 0 Å². The molecule has 0 bridgehead atoms. The number of β-amino-alcohol motifs (C(OH)–C–C–N with tert-alkyl or cyclic N) is 1. The highest BCUT2D eigenvalue weighted by atomic mass is 16.3. The summed E-state index contributed by atoms with van der Waals surface area (Å²) in [7, 11) is 0. The Morgan fingerprint density at radius 1 is 1.24 bits per heavy atom. The van der Waals surface area contributed by atoms with Crippen LogP contribution < -0.4 is 0 Å². The Bertz CT molecular complexity index is 369. The maximum absolute atomic E-state index is 9.75. The fourth-order valence-electron chi connectivity index (χ4n) is 2.65. The Kier molecular flexibility index (Phi) is 3.55. The zero-order chi connectivity index (χ0) is 12.5. The number of nitrogens with zero attached hydrogens (tertiary/aromatic N) is 1. The molecule has 0 radical (unpaired) electrons. The van der Waals surface area contributed by atoms with Crippen LogP contribution in [0, 0.1) is 0 Å². The lowest BCUT2D eigenvalue weighted by atomic mass is 10.0. The summed E-state index contributed by atoms with van der Waals surface area (Å²) in [5, 5.41) is 9.75. The summed E-state index contributed by atoms with van der Waals surface area (Å²) < 4.78 is 0. The van der Waals surface area contributed by atoms with Crippen LogP contribution >= 0.6 is 0 Å². The van der Waals surface area contributed by atoms with Crippen LogP contribution in [0.2, 0.25) is 0 Å². The van der Waals surface area contributed by atoms with Crippen LogP contribution in [0.15, 0.2) is 24.3 Å². The lowest BCUT2D eigenvalue weighted by molar-refractivity contribution is 0.156. The van der Waals surface area contributed by atoms with Gasteiger partial charge in [0.05, 0.1) is 6.10 Å². The molecule has 1 aliphatic rings. The smallest absolute Gasteiger partial charge is 0.0684 e. The number of aryl methyl sites for hydroxylation is 1. The molecular weight excluding hydrogens is 210 g/mol. The Hall–Kier alpha value is -0.860. The highest BCUT2D eigenvalue weighted by Crippen LogP contribution is 2.30. The predicted molar refractivity (Wildman–Crippen MR) is 70.9 cm³/mol. The molecule has 1 heterocycles. The molecule has 2 rings (SSSR count). The Labute approximate surface area is 104 Å². The van der Waals surface area contributed by atoms with E-state index < -0.39 is 0 Å². The van der Waals surface area contributed by atoms with Gasteiger partial charge >= 0.3 is 0 Å². The predicted octanol–water partition coefficient (Wildman–Crippen LogP) is 2.59. The number of rotatable bonds is 3. The summed E-state index contributed by atoms with van der Waals surface area (Å²) in [6, 6.07) is 8.82. The first-order chi connectivity index (χ1) is 8.01. The molecule has 0 saturated carbocycles. The van der Waals surface area contributed by atoms with Crippen LogP contribution in [-0.2, 0) is 13.0 Å². The molecule has 1 aliphatic heterocycles. The van der Waals surface area contributed by atoms with Gasteiger partial charge in [-0.3, -0.25) is 4.90 Å². The molecule has 1 saturated heterocycles. The third-order valence-corrected chi connectivity index (χ3v) is 3.83. The minimum Gasteiger partial charge on any atom is -0.392 e. The minimum absolute atomic E-state index is 0.114. The number of hydrogen-bond acceptors (Lipinski definition) is 2. The minimum atomic E-state index is -0.167. The van der Waals surface area contributed by atoms with Gasteiger partial charge in [0, 0.05) is 18.6 Å². The molecular formula is C15H23NO. The number of aliphatic hydroxyl groups is 1. The quantitative estimate of drug-likeness (QED) is 0.867. The zero-order valence-electron chi connectivity index (χ0n) is 11.1. The molecule has 1 N–H and O–H groups in total. The van der Waals surface area contributed by atoms with E-state index in [9.17, 15) is 5.11 Å². The standard InChI is InChI=1S/C15H23NO/c1-4-12-5-7-13(8-6-12)10-16-11-14(17)9-15(16,2)3/h5-8,14,17H,4,9-11H2,1-3H3. The second-order valence-electron chi connectivity index (χ2n) is 5.72. The van der Waals surface area contributed by atoms with Crippen LogP contribution in [0.1, 0.15) is 38.3 Å². The summed E-state index contributed by atoms with van der Waals surface area (Å²) in [6.45, 7) is 8.33. The molecule has 1 aromatic rings. The molecule has 0 amide bonds. The third-order valence-electron chi connectivity index (χ3n) is 3.83. The highest BCUT2D eigenvalue weighted by molar-refractivity contribution is 5.22. The molecule has 1 aromatic carbocycles. The number of hydrogen-bond donors (Lipinski definition) is 1. The SMILES string of the molecule is CCc1ccc(CN2CC(O)CC2(C)C)cc1. The lowest BCUT2D eigenvalue weighted by Gasteiger charge is -2.31. The monoisotopic (exact) mass is 233 g/mol. The van der Waals surface area contributed by atoms with Crippen LogP contribution in [0.4, 0.5) is 0 Å². The van der Waals surface area contributed by atoms with Crippen LogP contribution in [0.5, 0.6) is 0 Å². The van der Waals surface area contributed by atoms with Crippen molar-refractivity contribution in [2.75, 3.05) is 6.54 Å². The molecule has 0 aromatic heterocycles. The van der Waals surface area contributed by atoms with Crippen molar-refractivity contribution in [3.8, 4) is 0 Å². The fraction of sp³-hybridized carbons (Fsp3) is 0.600. The first kappa shape index (κ1) is 12.6. The van der Waals surface area contributed by atoms with E-state index in [-0.39, 0.29) is 11.6 Å². The Balaban J connectivity index is 2.05. The van der Waals surface area contributed by atoms with Crippen molar-refractivity contribution in [2.45, 2.75) is 51.8 Å². The van der Waals surface area contributed by atoms with Crippen molar-refractivity contribution >= 4 is 0 Å². The first-order valence-corrected chi connectivity index (χ1v) is 6.52. The summed E-state index contributed by atoms with van der Waals surface area (Å²) in [5.74, 6) is 0. The first-order valence-electron chi connectivity index (χ1n) is 6.52. The van der Waals surface area contributed by atoms with E-state index in [1.54, 1.807) is 0 Å². The van der Waals surface area contributed by atoms with E-state index in [0.717, 1.165) is 25.9 Å². The number of benzene rings is 1. The lowest BCUT2D eigenvalue weighted by Crippen LogP contribution is -2.37. The summed E-state index contributed by atoms with van der Waals surface area (Å²) in [6.07, 6.45) is 1.80. The average Bonchev–Trinajstić information content (AvgIpc) is 2.53. The van der Waals surface area contributed by atoms with Gasteiger partial charge in [-0.05, 0) is 37.8 Å². The molecule has 1 fully saturated rings. The van der Waals surface area contributed by atoms with Crippen LogP contribution in [0.25, 0.3) is 0 Å². The maximum Gasteiger partial charge on any atom is 0.0684 e. The topological polar surface area (TPSA) is 23.5 Å². The van der Waals surface area contributed by atoms with Gasteiger partial charge in [-0.2, -0.15) is 0 Å². The van der Waals surface area contributed by atoms with Crippen molar-refractivity contribution in [3.63, 3.8) is 0 Å². The van der Waals surface area contributed by atoms with E-state index in [1.165, 1.54) is 11.1 Å². The molecule has 2 nitrogen and oxygen atoms in total. The van der Waals surface area contributed by atoms with Gasteiger partial charge in [0.1, 0.15) is 0 Å². The number of likely N-dealkylation sites (tertiary alicyclic amines) is 1. The Morgan fingerprint density at radius 2 is 1.82 bits per heavy atom. The third kappa shape index (κ3) is 2.88. The highest BCUT2D eigenvalue weighted by Gasteiger charge is 2.37. The van der Waals surface area contributed by atoms with Crippen molar-refractivity contribution < 1.29 is 5.11 Å². The molecule has 2 heteroatoms. The van der Waals surface area contributed by atoms with Gasteiger partial charge in [-0.1, -0.05) is 31.2 Å². The second kappa shape index (κ2) is 4.79. The van der Waals surface area contributed by atoms with Gasteiger partial charge in [0.2, 0.25) is 0 Å². The van der Waals surface area contributed by atoms with Crippen molar-refractivity contribution in [3.05, 3.63) is 35.4 Å².